The number of carbonyl (C=O) groups is 1. The van der Waals surface area contributed by atoms with Crippen LogP contribution in [0.1, 0.15) is 0 Å². The van der Waals surface area contributed by atoms with Crippen molar-refractivity contribution in [2.24, 2.45) is 0 Å². The molecule has 16 heavy (non-hydrogen) atoms. The van der Waals surface area contributed by atoms with Gasteiger partial charge in [-0.15, -0.1) is 0 Å². The summed E-state index contributed by atoms with van der Waals surface area (Å²) in [6.07, 6.45) is 0. The number of benzene rings is 1. The molecule has 0 N–H and O–H groups in total. The van der Waals surface area contributed by atoms with Crippen molar-refractivity contribution in [1.29, 1.82) is 0 Å². The van der Waals surface area contributed by atoms with E-state index in [1.807, 2.05) is 0 Å². The molecule has 1 aromatic rings. The third-order valence-electron chi connectivity index (χ3n) is 2.41. The summed E-state index contributed by atoms with van der Waals surface area (Å²) >= 11 is 11.7. The minimum Gasteiger partial charge on any atom is -0.291 e. The normalized spacial score (nSPS) is 16.1. The van der Waals surface area contributed by atoms with Gasteiger partial charge in [0.05, 0.1) is 23.7 Å². The number of anilines is 1. The Kier molecular flexibility index (Phi) is 3.23. The SMILES string of the molecule is CON1CCN(c2ccc(Cl)c(Cl)c2)C1=O. The summed E-state index contributed by atoms with van der Waals surface area (Å²) in [6, 6.07) is 4.90. The van der Waals surface area contributed by atoms with Crippen molar-refractivity contribution < 1.29 is 9.63 Å². The maximum Gasteiger partial charge on any atom is 0.348 e. The number of amides is 2. The van der Waals surface area contributed by atoms with Crippen LogP contribution in [0.5, 0.6) is 0 Å². The topological polar surface area (TPSA) is 32.8 Å². The van der Waals surface area contributed by atoms with Crippen LogP contribution in [0.15, 0.2) is 18.2 Å². The molecule has 2 rings (SSSR count). The summed E-state index contributed by atoms with van der Waals surface area (Å²) in [4.78, 5) is 18.3. The highest BCUT2D eigenvalue weighted by atomic mass is 35.5. The molecule has 0 spiro atoms. The van der Waals surface area contributed by atoms with Gasteiger partial charge >= 0.3 is 6.03 Å². The molecule has 0 atom stereocenters. The molecule has 1 fully saturated rings. The smallest absolute Gasteiger partial charge is 0.291 e. The summed E-state index contributed by atoms with van der Waals surface area (Å²) in [5.41, 5.74) is 0.721. The fourth-order valence-electron chi connectivity index (χ4n) is 1.58. The number of halogens is 2. The Hall–Kier alpha value is -0.970. The second kappa shape index (κ2) is 4.49. The van der Waals surface area contributed by atoms with Crippen LogP contribution in [-0.2, 0) is 4.84 Å². The van der Waals surface area contributed by atoms with E-state index in [0.717, 1.165) is 5.69 Å². The van der Waals surface area contributed by atoms with Gasteiger partial charge in [-0.2, -0.15) is 0 Å². The summed E-state index contributed by atoms with van der Waals surface area (Å²) in [6.45, 7) is 1.11. The first kappa shape index (κ1) is 11.5. The second-order valence-electron chi connectivity index (χ2n) is 3.32. The summed E-state index contributed by atoms with van der Waals surface area (Å²) in [5, 5.41) is 2.20. The molecule has 1 aliphatic heterocycles. The molecule has 6 heteroatoms. The molecule has 1 aliphatic rings. The predicted molar refractivity (Wildman–Crippen MR) is 62.9 cm³/mol. The summed E-state index contributed by atoms with van der Waals surface area (Å²) in [7, 11) is 1.47. The lowest BCUT2D eigenvalue weighted by Crippen LogP contribution is -2.30. The number of urea groups is 1. The van der Waals surface area contributed by atoms with E-state index in [2.05, 4.69) is 0 Å². The van der Waals surface area contributed by atoms with Crippen LogP contribution in [0, 0.1) is 0 Å². The van der Waals surface area contributed by atoms with Gasteiger partial charge in [0.15, 0.2) is 0 Å². The molecule has 0 aromatic heterocycles. The highest BCUT2D eigenvalue weighted by Gasteiger charge is 2.29. The maximum atomic E-state index is 11.8. The lowest BCUT2D eigenvalue weighted by Gasteiger charge is -2.17. The molecule has 2 amide bonds. The zero-order valence-electron chi connectivity index (χ0n) is 8.61. The largest absolute Gasteiger partial charge is 0.348 e. The van der Waals surface area contributed by atoms with Crippen molar-refractivity contribution in [2.75, 3.05) is 25.1 Å². The van der Waals surface area contributed by atoms with E-state index < -0.39 is 0 Å². The van der Waals surface area contributed by atoms with Crippen molar-refractivity contribution in [3.8, 4) is 0 Å². The monoisotopic (exact) mass is 260 g/mol. The Morgan fingerprint density at radius 2 is 2.00 bits per heavy atom. The number of hydroxylamine groups is 2. The molecule has 0 saturated carbocycles. The molecule has 86 valence electrons. The van der Waals surface area contributed by atoms with Gasteiger partial charge < -0.3 is 0 Å². The van der Waals surface area contributed by atoms with E-state index in [9.17, 15) is 4.79 Å². The standard InChI is InChI=1S/C10H10Cl2N2O2/c1-16-14-5-4-13(10(14)15)7-2-3-8(11)9(12)6-7/h2-3,6H,4-5H2,1H3. The van der Waals surface area contributed by atoms with Crippen LogP contribution in [0.3, 0.4) is 0 Å². The van der Waals surface area contributed by atoms with Crippen LogP contribution in [0.4, 0.5) is 10.5 Å². The molecule has 1 aromatic carbocycles. The van der Waals surface area contributed by atoms with E-state index in [1.165, 1.54) is 12.2 Å². The molecule has 0 aliphatic carbocycles. The van der Waals surface area contributed by atoms with Crippen molar-refractivity contribution in [1.82, 2.24) is 5.06 Å². The fraction of sp³-hybridized carbons (Fsp3) is 0.300. The lowest BCUT2D eigenvalue weighted by molar-refractivity contribution is -0.0698. The maximum absolute atomic E-state index is 11.8. The minimum atomic E-state index is -0.194. The van der Waals surface area contributed by atoms with Crippen LogP contribution >= 0.6 is 23.2 Å². The first-order valence-electron chi connectivity index (χ1n) is 4.71. The zero-order chi connectivity index (χ0) is 11.7. The number of nitrogens with zero attached hydrogens (tertiary/aromatic N) is 2. The van der Waals surface area contributed by atoms with Gasteiger partial charge in [-0.3, -0.25) is 9.74 Å². The predicted octanol–water partition coefficient (Wildman–Crippen LogP) is 2.80. The number of rotatable bonds is 2. The highest BCUT2D eigenvalue weighted by molar-refractivity contribution is 6.42. The number of hydrogen-bond acceptors (Lipinski definition) is 2. The van der Waals surface area contributed by atoms with Crippen molar-refractivity contribution >= 4 is 34.9 Å². The fourth-order valence-corrected chi connectivity index (χ4v) is 1.87. The summed E-state index contributed by atoms with van der Waals surface area (Å²) < 4.78 is 0. The first-order chi connectivity index (χ1) is 7.63. The van der Waals surface area contributed by atoms with E-state index in [0.29, 0.717) is 23.1 Å². The Labute approximate surface area is 103 Å². The van der Waals surface area contributed by atoms with Crippen LogP contribution in [-0.4, -0.2) is 31.3 Å². The Balaban J connectivity index is 2.25. The van der Waals surface area contributed by atoms with Crippen molar-refractivity contribution in [2.45, 2.75) is 0 Å². The second-order valence-corrected chi connectivity index (χ2v) is 4.13. The van der Waals surface area contributed by atoms with Gasteiger partial charge in [0.25, 0.3) is 0 Å². The molecule has 4 nitrogen and oxygen atoms in total. The number of hydrogen-bond donors (Lipinski definition) is 0. The van der Waals surface area contributed by atoms with E-state index in [1.54, 1.807) is 23.1 Å². The average molecular weight is 261 g/mol. The van der Waals surface area contributed by atoms with Gasteiger partial charge in [0.2, 0.25) is 0 Å². The molecule has 0 bridgehead atoms. The van der Waals surface area contributed by atoms with Gasteiger partial charge in [-0.25, -0.2) is 9.86 Å². The first-order valence-corrected chi connectivity index (χ1v) is 5.47. The summed E-state index contributed by atoms with van der Waals surface area (Å²) in [5.74, 6) is 0. The third kappa shape index (κ3) is 1.96. The minimum absolute atomic E-state index is 0.194. The Bertz CT molecular complexity index is 425. The van der Waals surface area contributed by atoms with Crippen molar-refractivity contribution in [3.63, 3.8) is 0 Å². The highest BCUT2D eigenvalue weighted by Crippen LogP contribution is 2.28. The van der Waals surface area contributed by atoms with Gasteiger partial charge in [0.1, 0.15) is 0 Å². The quantitative estimate of drug-likeness (QED) is 0.820. The van der Waals surface area contributed by atoms with Crippen LogP contribution in [0.25, 0.3) is 0 Å². The lowest BCUT2D eigenvalue weighted by atomic mass is 10.3. The van der Waals surface area contributed by atoms with E-state index >= 15 is 0 Å². The molecule has 0 unspecified atom stereocenters. The Morgan fingerprint density at radius 3 is 2.56 bits per heavy atom. The zero-order valence-corrected chi connectivity index (χ0v) is 10.1. The van der Waals surface area contributed by atoms with Gasteiger partial charge in [-0.05, 0) is 18.2 Å². The third-order valence-corrected chi connectivity index (χ3v) is 3.15. The van der Waals surface area contributed by atoms with Crippen molar-refractivity contribution in [3.05, 3.63) is 28.2 Å². The van der Waals surface area contributed by atoms with E-state index in [4.69, 9.17) is 28.0 Å². The molecular weight excluding hydrogens is 251 g/mol. The Morgan fingerprint density at radius 1 is 1.25 bits per heavy atom. The van der Waals surface area contributed by atoms with Crippen LogP contribution in [0.2, 0.25) is 10.0 Å². The number of carbonyl (C=O) groups excluding carboxylic acids is 1. The molecule has 0 radical (unpaired) electrons. The molecular formula is C10H10Cl2N2O2. The molecule has 1 heterocycles. The van der Waals surface area contributed by atoms with Crippen LogP contribution < -0.4 is 4.90 Å². The van der Waals surface area contributed by atoms with Gasteiger partial charge in [0, 0.05) is 12.2 Å². The average Bonchev–Trinajstić information content (AvgIpc) is 2.64. The molecule has 1 saturated heterocycles. The van der Waals surface area contributed by atoms with E-state index in [-0.39, 0.29) is 6.03 Å². The van der Waals surface area contributed by atoms with Gasteiger partial charge in [-0.1, -0.05) is 23.2 Å².